The number of hydrogen-bond acceptors (Lipinski definition) is 3. The molecule has 2 aromatic rings. The van der Waals surface area contributed by atoms with E-state index in [1.807, 2.05) is 6.07 Å². The number of nitrogens with zero attached hydrogens (tertiary/aromatic N) is 2. The van der Waals surface area contributed by atoms with E-state index in [9.17, 15) is 4.39 Å². The van der Waals surface area contributed by atoms with Crippen molar-refractivity contribution in [1.82, 2.24) is 14.9 Å². The van der Waals surface area contributed by atoms with Crippen LogP contribution in [0.15, 0.2) is 36.8 Å². The van der Waals surface area contributed by atoms with Crippen LogP contribution in [0, 0.1) is 5.82 Å². The number of rotatable bonds is 3. The van der Waals surface area contributed by atoms with Gasteiger partial charge in [-0.05, 0) is 12.1 Å². The second kappa shape index (κ2) is 5.11. The Morgan fingerprint density at radius 2 is 2.32 bits per heavy atom. The van der Waals surface area contributed by atoms with Crippen molar-refractivity contribution in [3.05, 3.63) is 42.6 Å². The summed E-state index contributed by atoms with van der Waals surface area (Å²) in [6, 6.07) is 6.76. The minimum atomic E-state index is -0.238. The van der Waals surface area contributed by atoms with Crippen LogP contribution in [0.3, 0.4) is 0 Å². The Kier molecular flexibility index (Phi) is 3.31. The van der Waals surface area contributed by atoms with Gasteiger partial charge in [0.05, 0.1) is 30.4 Å². The van der Waals surface area contributed by atoms with Crippen LogP contribution < -0.4 is 5.32 Å². The number of aromatic nitrogens is 2. The van der Waals surface area contributed by atoms with E-state index < -0.39 is 0 Å². The minimum Gasteiger partial charge on any atom is -0.378 e. The first-order valence-corrected chi connectivity index (χ1v) is 6.31. The van der Waals surface area contributed by atoms with E-state index in [4.69, 9.17) is 4.74 Å². The molecule has 0 bridgehead atoms. The number of benzene rings is 1. The highest BCUT2D eigenvalue weighted by Gasteiger charge is 2.29. The average Bonchev–Trinajstić information content (AvgIpc) is 3.06. The van der Waals surface area contributed by atoms with Crippen LogP contribution in [-0.2, 0) is 4.74 Å². The molecule has 5 heteroatoms. The molecule has 1 aliphatic rings. The first-order valence-electron chi connectivity index (χ1n) is 6.31. The van der Waals surface area contributed by atoms with Crippen molar-refractivity contribution >= 4 is 0 Å². The third kappa shape index (κ3) is 2.27. The lowest BCUT2D eigenvalue weighted by atomic mass is 10.1. The molecular weight excluding hydrogens is 245 g/mol. The Hall–Kier alpha value is -1.72. The Bertz CT molecular complexity index is 569. The molecule has 0 radical (unpaired) electrons. The van der Waals surface area contributed by atoms with Gasteiger partial charge < -0.3 is 14.6 Å². The van der Waals surface area contributed by atoms with Gasteiger partial charge in [0.25, 0.3) is 0 Å². The van der Waals surface area contributed by atoms with Gasteiger partial charge in [0.1, 0.15) is 5.82 Å². The monoisotopic (exact) mass is 261 g/mol. The molecule has 100 valence electrons. The predicted molar refractivity (Wildman–Crippen MR) is 70.3 cm³/mol. The maximum Gasteiger partial charge on any atom is 0.123 e. The van der Waals surface area contributed by atoms with Gasteiger partial charge in [0.2, 0.25) is 0 Å². The van der Waals surface area contributed by atoms with Gasteiger partial charge >= 0.3 is 0 Å². The maximum atomic E-state index is 13.3. The summed E-state index contributed by atoms with van der Waals surface area (Å²) in [5, 5.41) is 3.30. The Morgan fingerprint density at radius 3 is 3.11 bits per heavy atom. The van der Waals surface area contributed by atoms with Gasteiger partial charge in [0, 0.05) is 25.8 Å². The molecule has 0 saturated carbocycles. The van der Waals surface area contributed by atoms with E-state index in [2.05, 4.69) is 14.9 Å². The predicted octanol–water partition coefficient (Wildman–Crippen LogP) is 1.85. The largest absolute Gasteiger partial charge is 0.378 e. The Labute approximate surface area is 111 Å². The van der Waals surface area contributed by atoms with E-state index >= 15 is 0 Å². The molecule has 1 N–H and O–H groups in total. The van der Waals surface area contributed by atoms with Crippen molar-refractivity contribution < 1.29 is 9.13 Å². The molecule has 1 fully saturated rings. The lowest BCUT2D eigenvalue weighted by molar-refractivity contribution is 0.0870. The zero-order valence-corrected chi connectivity index (χ0v) is 10.7. The maximum absolute atomic E-state index is 13.3. The highest BCUT2D eigenvalue weighted by Crippen LogP contribution is 2.27. The fraction of sp³-hybridized carbons (Fsp3) is 0.357. The summed E-state index contributed by atoms with van der Waals surface area (Å²) in [5.74, 6) is -0.238. The number of imidazole rings is 1. The number of methoxy groups -OCH3 is 1. The zero-order valence-electron chi connectivity index (χ0n) is 10.7. The number of ether oxygens (including phenoxy) is 1. The molecule has 1 unspecified atom stereocenters. The summed E-state index contributed by atoms with van der Waals surface area (Å²) in [7, 11) is 1.71. The second-order valence-corrected chi connectivity index (χ2v) is 4.70. The van der Waals surface area contributed by atoms with E-state index in [0.29, 0.717) is 0 Å². The summed E-state index contributed by atoms with van der Waals surface area (Å²) in [6.07, 6.45) is 3.66. The summed E-state index contributed by atoms with van der Waals surface area (Å²) < 4.78 is 20.9. The van der Waals surface area contributed by atoms with Gasteiger partial charge in [-0.3, -0.25) is 0 Å². The van der Waals surface area contributed by atoms with Crippen molar-refractivity contribution in [2.75, 3.05) is 20.2 Å². The third-order valence-corrected chi connectivity index (χ3v) is 3.57. The fourth-order valence-electron chi connectivity index (χ4n) is 2.60. The summed E-state index contributed by atoms with van der Waals surface area (Å²) >= 11 is 0. The van der Waals surface area contributed by atoms with Crippen molar-refractivity contribution in [1.29, 1.82) is 0 Å². The second-order valence-electron chi connectivity index (χ2n) is 4.70. The van der Waals surface area contributed by atoms with Crippen molar-refractivity contribution in [3.63, 3.8) is 0 Å². The van der Waals surface area contributed by atoms with E-state index in [-0.39, 0.29) is 18.0 Å². The minimum absolute atomic E-state index is 0.113. The average molecular weight is 261 g/mol. The lowest BCUT2D eigenvalue weighted by Crippen LogP contribution is -2.24. The molecule has 1 aliphatic heterocycles. The molecule has 3 rings (SSSR count). The third-order valence-electron chi connectivity index (χ3n) is 3.57. The van der Waals surface area contributed by atoms with Crippen LogP contribution in [0.5, 0.6) is 0 Å². The lowest BCUT2D eigenvalue weighted by Gasteiger charge is -2.21. The number of halogens is 1. The standard InChI is InChI=1S/C14H16FN3O/c1-19-14-8-16-7-13(14)18-9-17-6-12(18)10-3-2-4-11(15)5-10/h2-6,9,13-14,16H,7-8H2,1H3/t13?,14-/m0/s1. The van der Waals surface area contributed by atoms with Crippen LogP contribution >= 0.6 is 0 Å². The smallest absolute Gasteiger partial charge is 0.123 e. The van der Waals surface area contributed by atoms with E-state index in [1.165, 1.54) is 12.1 Å². The van der Waals surface area contributed by atoms with Gasteiger partial charge in [-0.25, -0.2) is 9.37 Å². The topological polar surface area (TPSA) is 39.1 Å². The molecule has 4 nitrogen and oxygen atoms in total. The molecule has 2 atom stereocenters. The number of hydrogen-bond donors (Lipinski definition) is 1. The quantitative estimate of drug-likeness (QED) is 0.916. The molecule has 0 spiro atoms. The molecule has 0 aliphatic carbocycles. The molecule has 1 aromatic carbocycles. The molecule has 1 aromatic heterocycles. The van der Waals surface area contributed by atoms with E-state index in [0.717, 1.165) is 24.3 Å². The van der Waals surface area contributed by atoms with Crippen LogP contribution in [0.2, 0.25) is 0 Å². The number of nitrogens with one attached hydrogen (secondary N) is 1. The van der Waals surface area contributed by atoms with Gasteiger partial charge in [-0.15, -0.1) is 0 Å². The zero-order chi connectivity index (χ0) is 13.2. The van der Waals surface area contributed by atoms with Crippen molar-refractivity contribution in [3.8, 4) is 11.3 Å². The Morgan fingerprint density at radius 1 is 1.42 bits per heavy atom. The normalized spacial score (nSPS) is 22.8. The highest BCUT2D eigenvalue weighted by molar-refractivity contribution is 5.59. The SMILES string of the molecule is CO[C@H]1CNCC1n1cncc1-c1cccc(F)c1. The van der Waals surface area contributed by atoms with Crippen LogP contribution in [0.1, 0.15) is 6.04 Å². The molecule has 19 heavy (non-hydrogen) atoms. The summed E-state index contributed by atoms with van der Waals surface area (Å²) in [6.45, 7) is 1.65. The first-order chi connectivity index (χ1) is 9.29. The molecule has 0 amide bonds. The van der Waals surface area contributed by atoms with Gasteiger partial charge in [-0.2, -0.15) is 0 Å². The van der Waals surface area contributed by atoms with E-state index in [1.54, 1.807) is 25.7 Å². The molecule has 1 saturated heterocycles. The highest BCUT2D eigenvalue weighted by atomic mass is 19.1. The molecule has 2 heterocycles. The Balaban J connectivity index is 1.98. The summed E-state index contributed by atoms with van der Waals surface area (Å²) in [5.41, 5.74) is 1.74. The van der Waals surface area contributed by atoms with Crippen molar-refractivity contribution in [2.45, 2.75) is 12.1 Å². The van der Waals surface area contributed by atoms with Crippen LogP contribution in [0.4, 0.5) is 4.39 Å². The van der Waals surface area contributed by atoms with Crippen molar-refractivity contribution in [2.24, 2.45) is 0 Å². The first kappa shape index (κ1) is 12.3. The molecular formula is C14H16FN3O. The van der Waals surface area contributed by atoms with Gasteiger partial charge in [0.15, 0.2) is 0 Å². The van der Waals surface area contributed by atoms with Crippen LogP contribution in [-0.4, -0.2) is 35.9 Å². The fourth-order valence-corrected chi connectivity index (χ4v) is 2.60. The summed E-state index contributed by atoms with van der Waals surface area (Å²) in [4.78, 5) is 4.20. The van der Waals surface area contributed by atoms with Gasteiger partial charge in [-0.1, -0.05) is 12.1 Å². The van der Waals surface area contributed by atoms with Crippen LogP contribution in [0.25, 0.3) is 11.3 Å².